The van der Waals surface area contributed by atoms with Gasteiger partial charge in [-0.05, 0) is 49.0 Å². The molecule has 0 saturated carbocycles. The van der Waals surface area contributed by atoms with Gasteiger partial charge in [0.2, 0.25) is 0 Å². The largest absolute Gasteiger partial charge is 0.370 e. The first-order valence-electron chi connectivity index (χ1n) is 6.85. The van der Waals surface area contributed by atoms with Crippen molar-refractivity contribution >= 4 is 28.6 Å². The first kappa shape index (κ1) is 15.4. The van der Waals surface area contributed by atoms with Gasteiger partial charge in [-0.3, -0.25) is 0 Å². The zero-order valence-corrected chi connectivity index (χ0v) is 13.5. The third-order valence-electron chi connectivity index (χ3n) is 3.56. The molecule has 2 aromatic rings. The van der Waals surface area contributed by atoms with Crippen LogP contribution in [0, 0.1) is 0 Å². The summed E-state index contributed by atoms with van der Waals surface area (Å²) in [7, 11) is 2.10. The van der Waals surface area contributed by atoms with Crippen LogP contribution in [0.1, 0.15) is 17.4 Å². The number of nitrogens with two attached hydrogens (primary N) is 1. The Hall–Kier alpha value is -1.03. The van der Waals surface area contributed by atoms with E-state index >= 15 is 0 Å². The zero-order valence-electron chi connectivity index (χ0n) is 12.0. The van der Waals surface area contributed by atoms with E-state index in [9.17, 15) is 0 Å². The van der Waals surface area contributed by atoms with E-state index in [1.54, 1.807) is 11.3 Å². The molecule has 0 fully saturated rings. The molecule has 0 bridgehead atoms. The van der Waals surface area contributed by atoms with Crippen molar-refractivity contribution in [3.8, 4) is 0 Å². The lowest BCUT2D eigenvalue weighted by atomic mass is 10.1. The van der Waals surface area contributed by atoms with Gasteiger partial charge in [-0.2, -0.15) is 0 Å². The van der Waals surface area contributed by atoms with E-state index in [2.05, 4.69) is 48.5 Å². The molecule has 4 heteroatoms. The molecule has 2 nitrogen and oxygen atoms in total. The first-order valence-corrected chi connectivity index (χ1v) is 8.11. The highest BCUT2D eigenvalue weighted by molar-refractivity contribution is 7.09. The van der Waals surface area contributed by atoms with Gasteiger partial charge in [-0.25, -0.2) is 0 Å². The van der Waals surface area contributed by atoms with Crippen molar-refractivity contribution in [2.24, 2.45) is 5.73 Å². The molecule has 0 saturated heterocycles. The maximum Gasteiger partial charge on any atom is 0.0642 e. The van der Waals surface area contributed by atoms with Gasteiger partial charge in [0.15, 0.2) is 0 Å². The summed E-state index contributed by atoms with van der Waals surface area (Å²) in [6.45, 7) is 2.88. The molecule has 108 valence electrons. The average molecular weight is 309 g/mol. The van der Waals surface area contributed by atoms with Crippen molar-refractivity contribution in [1.29, 1.82) is 0 Å². The van der Waals surface area contributed by atoms with E-state index in [-0.39, 0.29) is 0 Å². The maximum absolute atomic E-state index is 6.41. The highest BCUT2D eigenvalue weighted by atomic mass is 35.5. The van der Waals surface area contributed by atoms with Gasteiger partial charge in [0.25, 0.3) is 0 Å². The molecular formula is C16H21ClN2S. The van der Waals surface area contributed by atoms with E-state index in [1.807, 2.05) is 6.07 Å². The summed E-state index contributed by atoms with van der Waals surface area (Å²) >= 11 is 8.21. The number of anilines is 1. The summed E-state index contributed by atoms with van der Waals surface area (Å²) in [6, 6.07) is 10.9. The fraction of sp³-hybridized carbons (Fsp3) is 0.375. The summed E-state index contributed by atoms with van der Waals surface area (Å²) in [5.74, 6) is 0. The third-order valence-corrected chi connectivity index (χ3v) is 4.76. The van der Waals surface area contributed by atoms with Crippen LogP contribution in [0.15, 0.2) is 35.7 Å². The summed E-state index contributed by atoms with van der Waals surface area (Å²) in [6.07, 6.45) is 1.91. The normalized spacial score (nSPS) is 12.4. The standard InChI is InChI=1S/C16H21ClN2S/c1-12(10-14-4-3-9-20-14)19(2)16-6-5-13(7-8-18)11-15(16)17/h3-6,9,11-12H,7-8,10,18H2,1-2H3. The molecule has 0 aliphatic heterocycles. The molecule has 0 aliphatic carbocycles. The Labute approximate surface area is 130 Å². The molecule has 0 radical (unpaired) electrons. The van der Waals surface area contributed by atoms with Crippen LogP contribution in [0.2, 0.25) is 5.02 Å². The zero-order chi connectivity index (χ0) is 14.5. The lowest BCUT2D eigenvalue weighted by Crippen LogP contribution is -2.30. The Morgan fingerprint density at radius 1 is 1.35 bits per heavy atom. The third kappa shape index (κ3) is 3.75. The van der Waals surface area contributed by atoms with Gasteiger partial charge in [0.1, 0.15) is 0 Å². The van der Waals surface area contributed by atoms with Crippen LogP contribution in [0.5, 0.6) is 0 Å². The number of hydrogen-bond acceptors (Lipinski definition) is 3. The molecule has 1 unspecified atom stereocenters. The molecule has 1 aromatic heterocycles. The molecule has 0 amide bonds. The van der Waals surface area contributed by atoms with Gasteiger partial charge in [-0.1, -0.05) is 23.7 Å². The van der Waals surface area contributed by atoms with Gasteiger partial charge in [-0.15, -0.1) is 11.3 Å². The van der Waals surface area contributed by atoms with Crippen molar-refractivity contribution in [3.63, 3.8) is 0 Å². The monoisotopic (exact) mass is 308 g/mol. The fourth-order valence-corrected chi connectivity index (χ4v) is 3.42. The second-order valence-electron chi connectivity index (χ2n) is 5.07. The van der Waals surface area contributed by atoms with Crippen LogP contribution in [0.4, 0.5) is 5.69 Å². The van der Waals surface area contributed by atoms with Gasteiger partial charge >= 0.3 is 0 Å². The number of rotatable bonds is 6. The van der Waals surface area contributed by atoms with Gasteiger partial charge in [0.05, 0.1) is 10.7 Å². The summed E-state index contributed by atoms with van der Waals surface area (Å²) in [4.78, 5) is 3.65. The highest BCUT2D eigenvalue weighted by Gasteiger charge is 2.14. The van der Waals surface area contributed by atoms with Crippen molar-refractivity contribution in [2.75, 3.05) is 18.5 Å². The number of benzene rings is 1. The molecule has 1 atom stereocenters. The van der Waals surface area contributed by atoms with Crippen LogP contribution < -0.4 is 10.6 Å². The number of halogens is 1. The molecule has 0 spiro atoms. The summed E-state index contributed by atoms with van der Waals surface area (Å²) < 4.78 is 0. The van der Waals surface area contributed by atoms with Crippen LogP contribution >= 0.6 is 22.9 Å². The van der Waals surface area contributed by atoms with Crippen molar-refractivity contribution < 1.29 is 0 Å². The lowest BCUT2D eigenvalue weighted by molar-refractivity contribution is 0.688. The quantitative estimate of drug-likeness (QED) is 0.875. The number of thiophene rings is 1. The fourth-order valence-electron chi connectivity index (χ4n) is 2.25. The predicted molar refractivity (Wildman–Crippen MR) is 90.1 cm³/mol. The first-order chi connectivity index (χ1) is 9.61. The van der Waals surface area contributed by atoms with Crippen molar-refractivity contribution in [1.82, 2.24) is 0 Å². The van der Waals surface area contributed by atoms with E-state index in [4.69, 9.17) is 17.3 Å². The average Bonchev–Trinajstić information content (AvgIpc) is 2.91. The minimum atomic E-state index is 0.409. The number of nitrogens with zero attached hydrogens (tertiary/aromatic N) is 1. The number of likely N-dealkylation sites (N-methyl/N-ethyl adjacent to an activating group) is 1. The molecule has 2 N–H and O–H groups in total. The van der Waals surface area contributed by atoms with E-state index in [1.165, 1.54) is 10.4 Å². The Balaban J connectivity index is 2.09. The number of hydrogen-bond donors (Lipinski definition) is 1. The maximum atomic E-state index is 6.41. The summed E-state index contributed by atoms with van der Waals surface area (Å²) in [5, 5.41) is 2.92. The van der Waals surface area contributed by atoms with Crippen LogP contribution in [0.25, 0.3) is 0 Å². The predicted octanol–water partition coefficient (Wildman–Crippen LogP) is 3.97. The Morgan fingerprint density at radius 2 is 2.15 bits per heavy atom. The van der Waals surface area contributed by atoms with Crippen molar-refractivity contribution in [3.05, 3.63) is 51.2 Å². The van der Waals surface area contributed by atoms with Crippen LogP contribution in [-0.4, -0.2) is 19.6 Å². The van der Waals surface area contributed by atoms with Crippen LogP contribution in [-0.2, 0) is 12.8 Å². The Morgan fingerprint density at radius 3 is 2.75 bits per heavy atom. The second-order valence-corrected chi connectivity index (χ2v) is 6.51. The topological polar surface area (TPSA) is 29.3 Å². The van der Waals surface area contributed by atoms with Gasteiger partial charge < -0.3 is 10.6 Å². The van der Waals surface area contributed by atoms with Crippen molar-refractivity contribution in [2.45, 2.75) is 25.8 Å². The molecule has 0 aliphatic rings. The van der Waals surface area contributed by atoms with E-state index < -0.39 is 0 Å². The Kier molecular flexibility index (Phi) is 5.46. The molecule has 1 heterocycles. The van der Waals surface area contributed by atoms with E-state index in [0.29, 0.717) is 12.6 Å². The van der Waals surface area contributed by atoms with Gasteiger partial charge in [0, 0.05) is 24.4 Å². The Bertz CT molecular complexity index is 539. The smallest absolute Gasteiger partial charge is 0.0642 e. The molecule has 1 aromatic carbocycles. The SMILES string of the molecule is CC(Cc1cccs1)N(C)c1ccc(CCN)cc1Cl. The highest BCUT2D eigenvalue weighted by Crippen LogP contribution is 2.28. The molecule has 20 heavy (non-hydrogen) atoms. The minimum Gasteiger partial charge on any atom is -0.370 e. The second kappa shape index (κ2) is 7.11. The molecule has 2 rings (SSSR count). The lowest BCUT2D eigenvalue weighted by Gasteiger charge is -2.28. The summed E-state index contributed by atoms with van der Waals surface area (Å²) in [5.41, 5.74) is 7.86. The van der Waals surface area contributed by atoms with Crippen LogP contribution in [0.3, 0.4) is 0 Å². The van der Waals surface area contributed by atoms with E-state index in [0.717, 1.165) is 23.6 Å². The molecular weight excluding hydrogens is 288 g/mol. The minimum absolute atomic E-state index is 0.409.